The van der Waals surface area contributed by atoms with Crippen molar-refractivity contribution in [1.82, 2.24) is 20.7 Å². The Morgan fingerprint density at radius 1 is 1.11 bits per heavy atom. The van der Waals surface area contributed by atoms with Crippen LogP contribution in [-0.4, -0.2) is 102 Å². The summed E-state index contributed by atoms with van der Waals surface area (Å²) in [6.07, 6.45) is 5.98. The molecule has 1 aliphatic rings. The van der Waals surface area contributed by atoms with Crippen molar-refractivity contribution >= 4 is 82.0 Å². The molecule has 0 bridgehead atoms. The molecular formula is C38H56Cl3N5O9. The van der Waals surface area contributed by atoms with Crippen molar-refractivity contribution in [1.29, 1.82) is 0 Å². The Morgan fingerprint density at radius 2 is 1.76 bits per heavy atom. The van der Waals surface area contributed by atoms with Crippen molar-refractivity contribution < 1.29 is 42.9 Å². The summed E-state index contributed by atoms with van der Waals surface area (Å²) in [5.41, 5.74) is 8.84. The van der Waals surface area contributed by atoms with E-state index in [4.69, 9.17) is 49.0 Å². The van der Waals surface area contributed by atoms with Crippen molar-refractivity contribution in [3.63, 3.8) is 0 Å². The molecule has 0 saturated carbocycles. The molecule has 14 nitrogen and oxygen atoms in total. The summed E-state index contributed by atoms with van der Waals surface area (Å²) >= 11 is 16.4. The van der Waals surface area contributed by atoms with Gasteiger partial charge in [0.1, 0.15) is 18.9 Å². The summed E-state index contributed by atoms with van der Waals surface area (Å²) < 4.78 is 18.9. The average Bonchev–Trinajstić information content (AvgIpc) is 3.14. The fourth-order valence-electron chi connectivity index (χ4n) is 5.17. The number of hydrogen-bond donors (Lipinski definition) is 3. The predicted molar refractivity (Wildman–Crippen MR) is 214 cm³/mol. The van der Waals surface area contributed by atoms with E-state index in [1.54, 1.807) is 26.8 Å². The third-order valence-corrected chi connectivity index (χ3v) is 8.28. The summed E-state index contributed by atoms with van der Waals surface area (Å²) in [5.74, 6) is -1.81. The number of primary amides is 1. The van der Waals surface area contributed by atoms with Crippen LogP contribution in [0.1, 0.15) is 78.5 Å². The highest BCUT2D eigenvalue weighted by molar-refractivity contribution is 6.67. The molecule has 2 heterocycles. The number of methoxy groups -OCH3 is 1. The van der Waals surface area contributed by atoms with E-state index in [-0.39, 0.29) is 24.5 Å². The number of rotatable bonds is 15. The van der Waals surface area contributed by atoms with Crippen LogP contribution >= 0.6 is 34.8 Å². The van der Waals surface area contributed by atoms with Gasteiger partial charge in [-0.2, -0.15) is 0 Å². The smallest absolute Gasteiger partial charge is 0.404 e. The van der Waals surface area contributed by atoms with Gasteiger partial charge in [0.15, 0.2) is 11.7 Å². The molecule has 1 aromatic carbocycles. The first kappa shape index (κ1) is 49.5. The lowest BCUT2D eigenvalue weighted by Crippen LogP contribution is -2.51. The first-order valence-electron chi connectivity index (χ1n) is 18.1. The molecule has 1 aliphatic heterocycles. The van der Waals surface area contributed by atoms with Gasteiger partial charge in [-0.25, -0.2) is 20.0 Å². The second-order valence-corrected chi connectivity index (χ2v) is 15.5. The van der Waals surface area contributed by atoms with Gasteiger partial charge in [-0.3, -0.25) is 14.6 Å². The van der Waals surface area contributed by atoms with Crippen LogP contribution in [-0.2, 0) is 44.5 Å². The lowest BCUT2D eigenvalue weighted by atomic mass is 9.95. The van der Waals surface area contributed by atoms with Gasteiger partial charge in [0.05, 0.1) is 18.7 Å². The molecule has 0 spiro atoms. The molecule has 1 fully saturated rings. The number of nitrogens with two attached hydrogens (primary N) is 1. The minimum atomic E-state index is -1.55. The van der Waals surface area contributed by atoms with Gasteiger partial charge in [-0.1, -0.05) is 93.2 Å². The van der Waals surface area contributed by atoms with Crippen LogP contribution in [0.25, 0.3) is 17.0 Å². The standard InChI is InChI=1S/C28H38N2O5.C8H13Cl3N2O2.C2H5NO2/c1-7-15-28(34-9-3,27(33)35-25(19(4)5)26(32)29-20(6)18-31)16-14-21-10-11-22-12-13-23(8-2)30-24(22)17-21;1-13-4-2-3-6(12-13)7(14)15-5-8(9,10)11;1-5-2(3)4/h10-14,16-20,25H,7-9,15H2,1-6H3,(H,29,32);6,12H,2-5H2,1H3;1H3,(H2,3,4)/b16-14+;;. The minimum absolute atomic E-state index is 0.224. The van der Waals surface area contributed by atoms with E-state index in [9.17, 15) is 24.0 Å². The number of alkyl halides is 3. The number of carbonyl (C=O) groups is 5. The Bertz CT molecular complexity index is 1570. The van der Waals surface area contributed by atoms with Crippen LogP contribution < -0.4 is 16.5 Å². The van der Waals surface area contributed by atoms with Gasteiger partial charge in [-0.15, -0.1) is 0 Å². The first-order chi connectivity index (χ1) is 25.8. The van der Waals surface area contributed by atoms with Crippen LogP contribution in [0.4, 0.5) is 4.79 Å². The molecule has 0 aliphatic carbocycles. The number of nitrogens with zero attached hydrogens (tertiary/aromatic N) is 2. The van der Waals surface area contributed by atoms with Gasteiger partial charge >= 0.3 is 18.0 Å². The second-order valence-electron chi connectivity index (χ2n) is 13.0. The number of benzene rings is 1. The third kappa shape index (κ3) is 18.3. The molecule has 308 valence electrons. The van der Waals surface area contributed by atoms with Crippen LogP contribution in [0.3, 0.4) is 0 Å². The Labute approximate surface area is 339 Å². The number of amides is 2. The quantitative estimate of drug-likeness (QED) is 0.0840. The number of carbonyl (C=O) groups excluding carboxylic acids is 5. The SMILES string of the molecule is CCCC(/C=C/c1ccc2ccc(CC)nc2c1)(OCC)C(=O)OC(C(=O)NC(C)C=O)C(C)C.CN1CCCC(C(=O)OCC(Cl)(Cl)Cl)N1.COC(N)=O. The normalized spacial score (nSPS) is 16.7. The Kier molecular flexibility index (Phi) is 22.4. The number of ether oxygens (including phenoxy) is 4. The van der Waals surface area contributed by atoms with Crippen molar-refractivity contribution in [2.45, 2.75) is 101 Å². The van der Waals surface area contributed by atoms with Crippen molar-refractivity contribution in [3.8, 4) is 0 Å². The van der Waals surface area contributed by atoms with Gasteiger partial charge in [0, 0.05) is 31.3 Å². The number of halogens is 3. The molecule has 3 rings (SSSR count). The molecule has 0 radical (unpaired) electrons. The summed E-state index contributed by atoms with van der Waals surface area (Å²) in [6.45, 7) is 12.0. The fraction of sp³-hybridized carbons (Fsp3) is 0.579. The zero-order valence-corrected chi connectivity index (χ0v) is 35.1. The molecule has 1 aromatic heterocycles. The molecule has 4 atom stereocenters. The fourth-order valence-corrected chi connectivity index (χ4v) is 5.33. The monoisotopic (exact) mass is 831 g/mol. The largest absolute Gasteiger partial charge is 0.460 e. The lowest BCUT2D eigenvalue weighted by molar-refractivity contribution is -0.177. The summed E-state index contributed by atoms with van der Waals surface area (Å²) in [7, 11) is 3.09. The van der Waals surface area contributed by atoms with Crippen molar-refractivity contribution in [3.05, 3.63) is 47.7 Å². The molecule has 4 N–H and O–H groups in total. The van der Waals surface area contributed by atoms with Crippen molar-refractivity contribution in [2.75, 3.05) is 33.9 Å². The van der Waals surface area contributed by atoms with E-state index in [0.717, 1.165) is 48.0 Å². The molecule has 55 heavy (non-hydrogen) atoms. The number of aromatic nitrogens is 1. The van der Waals surface area contributed by atoms with E-state index < -0.39 is 39.5 Å². The zero-order chi connectivity index (χ0) is 41.8. The van der Waals surface area contributed by atoms with Crippen LogP contribution in [0.2, 0.25) is 0 Å². The zero-order valence-electron chi connectivity index (χ0n) is 32.9. The number of pyridine rings is 1. The number of nitrogens with one attached hydrogen (secondary N) is 2. The second kappa shape index (κ2) is 24.9. The van der Waals surface area contributed by atoms with Crippen LogP contribution in [0.5, 0.6) is 0 Å². The van der Waals surface area contributed by atoms with Crippen molar-refractivity contribution in [2.24, 2.45) is 11.7 Å². The molecule has 2 aromatic rings. The van der Waals surface area contributed by atoms with Gasteiger partial charge in [0.25, 0.3) is 5.91 Å². The highest BCUT2D eigenvalue weighted by atomic mass is 35.6. The number of hydrogen-bond acceptors (Lipinski definition) is 12. The Balaban J connectivity index is 0.000000620. The summed E-state index contributed by atoms with van der Waals surface area (Å²) in [6, 6.07) is 8.99. The summed E-state index contributed by atoms with van der Waals surface area (Å²) in [4.78, 5) is 62.7. The highest BCUT2D eigenvalue weighted by Gasteiger charge is 2.41. The van der Waals surface area contributed by atoms with Crippen LogP contribution in [0.15, 0.2) is 36.4 Å². The number of fused-ring (bicyclic) bond motifs is 1. The highest BCUT2D eigenvalue weighted by Crippen LogP contribution is 2.28. The maximum atomic E-state index is 13.5. The van der Waals surface area contributed by atoms with Gasteiger partial charge in [-0.05, 0) is 69.2 Å². The molecule has 2 amide bonds. The maximum absolute atomic E-state index is 13.5. The topological polar surface area (TPSA) is 188 Å². The number of esters is 2. The number of aryl methyl sites for hydroxylation is 1. The predicted octanol–water partition coefficient (Wildman–Crippen LogP) is 5.87. The van der Waals surface area contributed by atoms with E-state index in [2.05, 4.69) is 39.2 Å². The Morgan fingerprint density at radius 3 is 2.29 bits per heavy atom. The minimum Gasteiger partial charge on any atom is -0.460 e. The average molecular weight is 833 g/mol. The maximum Gasteiger partial charge on any atom is 0.404 e. The third-order valence-electron chi connectivity index (χ3n) is 7.95. The van der Waals surface area contributed by atoms with E-state index in [0.29, 0.717) is 25.7 Å². The lowest BCUT2D eigenvalue weighted by Gasteiger charge is -2.31. The van der Waals surface area contributed by atoms with Gasteiger partial charge in [0.2, 0.25) is 3.79 Å². The molecule has 1 saturated heterocycles. The Hall–Kier alpha value is -3.53. The number of aldehydes is 1. The van der Waals surface area contributed by atoms with E-state index in [1.165, 1.54) is 7.11 Å². The van der Waals surface area contributed by atoms with E-state index in [1.807, 2.05) is 56.2 Å². The molecule has 4 unspecified atom stereocenters. The summed E-state index contributed by atoms with van der Waals surface area (Å²) in [5, 5.41) is 5.46. The first-order valence-corrected chi connectivity index (χ1v) is 19.2. The molecular weight excluding hydrogens is 777 g/mol. The number of hydrazine groups is 1. The molecule has 17 heteroatoms. The van der Waals surface area contributed by atoms with E-state index >= 15 is 0 Å². The van der Waals surface area contributed by atoms with Gasteiger partial charge < -0.3 is 34.8 Å². The van der Waals surface area contributed by atoms with Crippen LogP contribution in [0, 0.1) is 5.92 Å².